The maximum Gasteiger partial charge on any atom is 0.00141 e. The Bertz CT molecular complexity index is 128. The summed E-state index contributed by atoms with van der Waals surface area (Å²) in [7, 11) is 0. The Labute approximate surface area is 67.9 Å². The van der Waals surface area contributed by atoms with E-state index in [0.29, 0.717) is 0 Å². The lowest BCUT2D eigenvalue weighted by molar-refractivity contribution is 0.886. The summed E-state index contributed by atoms with van der Waals surface area (Å²) in [5.41, 5.74) is 0. The SMILES string of the molecule is CCCC.Cc1cccs1. The van der Waals surface area contributed by atoms with E-state index < -0.39 is 0 Å². The highest BCUT2D eigenvalue weighted by atomic mass is 32.1. The minimum absolute atomic E-state index is 1.32. The average molecular weight is 156 g/mol. The van der Waals surface area contributed by atoms with Gasteiger partial charge in [0.25, 0.3) is 0 Å². The van der Waals surface area contributed by atoms with Crippen molar-refractivity contribution in [1.82, 2.24) is 0 Å². The molecule has 0 aliphatic carbocycles. The van der Waals surface area contributed by atoms with E-state index in [0.717, 1.165) is 0 Å². The molecule has 58 valence electrons. The first-order valence-electron chi connectivity index (χ1n) is 3.81. The van der Waals surface area contributed by atoms with Gasteiger partial charge in [0.1, 0.15) is 0 Å². The molecule has 0 saturated heterocycles. The Hall–Kier alpha value is -0.300. The van der Waals surface area contributed by atoms with Gasteiger partial charge in [-0.05, 0) is 18.4 Å². The molecule has 10 heavy (non-hydrogen) atoms. The summed E-state index contributed by atoms with van der Waals surface area (Å²) in [6.07, 6.45) is 2.64. The van der Waals surface area contributed by atoms with Crippen LogP contribution >= 0.6 is 11.3 Å². The van der Waals surface area contributed by atoms with E-state index in [9.17, 15) is 0 Å². The molecule has 1 heteroatoms. The topological polar surface area (TPSA) is 0 Å². The molecule has 0 N–H and O–H groups in total. The van der Waals surface area contributed by atoms with Crippen molar-refractivity contribution in [3.63, 3.8) is 0 Å². The Morgan fingerprint density at radius 3 is 2.00 bits per heavy atom. The normalized spacial score (nSPS) is 8.30. The van der Waals surface area contributed by atoms with E-state index in [-0.39, 0.29) is 0 Å². The fourth-order valence-electron chi connectivity index (χ4n) is 0.361. The zero-order chi connectivity index (χ0) is 7.82. The highest BCUT2D eigenvalue weighted by molar-refractivity contribution is 7.09. The van der Waals surface area contributed by atoms with Gasteiger partial charge in [0.2, 0.25) is 0 Å². The van der Waals surface area contributed by atoms with Gasteiger partial charge in [0.15, 0.2) is 0 Å². The third-order valence-corrected chi connectivity index (χ3v) is 1.96. The highest BCUT2D eigenvalue weighted by Crippen LogP contribution is 2.03. The zero-order valence-corrected chi connectivity index (χ0v) is 7.87. The number of thiophene rings is 1. The van der Waals surface area contributed by atoms with Crippen molar-refractivity contribution in [2.24, 2.45) is 0 Å². The minimum Gasteiger partial charge on any atom is -0.149 e. The number of hydrogen-bond donors (Lipinski definition) is 0. The molecule has 0 fully saturated rings. The van der Waals surface area contributed by atoms with Gasteiger partial charge in [-0.25, -0.2) is 0 Å². The molecule has 0 aliphatic heterocycles. The Morgan fingerprint density at radius 2 is 1.90 bits per heavy atom. The van der Waals surface area contributed by atoms with Crippen LogP contribution in [0.15, 0.2) is 17.5 Å². The molecule has 0 unspecified atom stereocenters. The van der Waals surface area contributed by atoms with E-state index in [1.165, 1.54) is 17.7 Å². The van der Waals surface area contributed by atoms with Crippen molar-refractivity contribution in [1.29, 1.82) is 0 Å². The van der Waals surface area contributed by atoms with E-state index in [4.69, 9.17) is 0 Å². The molecule has 1 heterocycles. The molecule has 0 aliphatic rings. The number of rotatable bonds is 1. The molecular formula is C9H16S. The lowest BCUT2D eigenvalue weighted by Crippen LogP contribution is -1.47. The second-order valence-electron chi connectivity index (χ2n) is 2.22. The molecule has 0 nitrogen and oxygen atoms in total. The van der Waals surface area contributed by atoms with Crippen molar-refractivity contribution in [2.75, 3.05) is 0 Å². The second-order valence-corrected chi connectivity index (χ2v) is 3.38. The van der Waals surface area contributed by atoms with Crippen molar-refractivity contribution in [2.45, 2.75) is 33.6 Å². The molecule has 0 aromatic carbocycles. The molecule has 0 radical (unpaired) electrons. The van der Waals surface area contributed by atoms with Crippen molar-refractivity contribution < 1.29 is 0 Å². The van der Waals surface area contributed by atoms with Crippen LogP contribution in [0.4, 0.5) is 0 Å². The lowest BCUT2D eigenvalue weighted by atomic mass is 10.4. The van der Waals surface area contributed by atoms with Gasteiger partial charge in [-0.2, -0.15) is 0 Å². The van der Waals surface area contributed by atoms with Crippen LogP contribution in [0.1, 0.15) is 31.6 Å². The van der Waals surface area contributed by atoms with Gasteiger partial charge >= 0.3 is 0 Å². The van der Waals surface area contributed by atoms with E-state index in [2.05, 4.69) is 38.3 Å². The average Bonchev–Trinajstić information content (AvgIpc) is 2.40. The van der Waals surface area contributed by atoms with E-state index >= 15 is 0 Å². The van der Waals surface area contributed by atoms with Crippen LogP contribution in [-0.2, 0) is 0 Å². The number of hydrogen-bond acceptors (Lipinski definition) is 1. The zero-order valence-electron chi connectivity index (χ0n) is 7.05. The van der Waals surface area contributed by atoms with Gasteiger partial charge in [-0.15, -0.1) is 11.3 Å². The Morgan fingerprint density at radius 1 is 1.30 bits per heavy atom. The van der Waals surface area contributed by atoms with Gasteiger partial charge in [0.05, 0.1) is 0 Å². The Kier molecular flexibility index (Phi) is 6.61. The van der Waals surface area contributed by atoms with Crippen molar-refractivity contribution in [3.05, 3.63) is 22.4 Å². The number of aryl methyl sites for hydroxylation is 1. The first-order chi connectivity index (χ1) is 4.81. The quantitative estimate of drug-likeness (QED) is 0.579. The predicted molar refractivity (Wildman–Crippen MR) is 49.6 cm³/mol. The maximum absolute atomic E-state index is 2.18. The van der Waals surface area contributed by atoms with Gasteiger partial charge in [-0.3, -0.25) is 0 Å². The summed E-state index contributed by atoms with van der Waals surface area (Å²) in [4.78, 5) is 1.38. The summed E-state index contributed by atoms with van der Waals surface area (Å²) in [5, 5.41) is 2.08. The summed E-state index contributed by atoms with van der Waals surface area (Å²) in [5.74, 6) is 0. The lowest BCUT2D eigenvalue weighted by Gasteiger charge is -1.68. The monoisotopic (exact) mass is 156 g/mol. The number of unbranched alkanes of at least 4 members (excludes halogenated alkanes) is 1. The predicted octanol–water partition coefficient (Wildman–Crippen LogP) is 3.86. The molecular weight excluding hydrogens is 140 g/mol. The minimum atomic E-state index is 1.32. The smallest absolute Gasteiger partial charge is 0.00141 e. The van der Waals surface area contributed by atoms with Crippen molar-refractivity contribution in [3.8, 4) is 0 Å². The molecule has 1 rings (SSSR count). The largest absolute Gasteiger partial charge is 0.149 e. The highest BCUT2D eigenvalue weighted by Gasteiger charge is 1.74. The maximum atomic E-state index is 2.18. The van der Waals surface area contributed by atoms with Crippen LogP contribution in [0.5, 0.6) is 0 Å². The molecule has 1 aromatic rings. The first kappa shape index (κ1) is 9.70. The van der Waals surface area contributed by atoms with Crippen molar-refractivity contribution >= 4 is 11.3 Å². The van der Waals surface area contributed by atoms with Gasteiger partial charge < -0.3 is 0 Å². The molecule has 0 amide bonds. The molecule has 0 saturated carbocycles. The third-order valence-electron chi connectivity index (χ3n) is 1.16. The van der Waals surface area contributed by atoms with Crippen LogP contribution in [0.3, 0.4) is 0 Å². The van der Waals surface area contributed by atoms with Gasteiger partial charge in [-0.1, -0.05) is 32.8 Å². The van der Waals surface area contributed by atoms with Crippen LogP contribution in [-0.4, -0.2) is 0 Å². The standard InChI is InChI=1S/C5H6S.C4H10/c1-5-3-2-4-6-5;1-3-4-2/h2-4H,1H3;3-4H2,1-2H3. The third kappa shape index (κ3) is 5.83. The summed E-state index contributed by atoms with van der Waals surface area (Å²) >= 11 is 1.78. The molecule has 0 bridgehead atoms. The first-order valence-corrected chi connectivity index (χ1v) is 4.69. The molecule has 0 spiro atoms. The Balaban J connectivity index is 0.000000180. The molecule has 1 aromatic heterocycles. The van der Waals surface area contributed by atoms with Crippen LogP contribution in [0.2, 0.25) is 0 Å². The fraction of sp³-hybridized carbons (Fsp3) is 0.556. The summed E-state index contributed by atoms with van der Waals surface area (Å²) in [6, 6.07) is 4.16. The van der Waals surface area contributed by atoms with Crippen LogP contribution in [0, 0.1) is 6.92 Å². The van der Waals surface area contributed by atoms with E-state index in [1.54, 1.807) is 11.3 Å². The van der Waals surface area contributed by atoms with Crippen LogP contribution < -0.4 is 0 Å². The van der Waals surface area contributed by atoms with Gasteiger partial charge in [0, 0.05) is 4.88 Å². The van der Waals surface area contributed by atoms with Crippen LogP contribution in [0.25, 0.3) is 0 Å². The summed E-state index contributed by atoms with van der Waals surface area (Å²) < 4.78 is 0. The van der Waals surface area contributed by atoms with E-state index in [1.807, 2.05) is 0 Å². The molecule has 0 atom stereocenters. The second kappa shape index (κ2) is 6.81. The summed E-state index contributed by atoms with van der Waals surface area (Å²) in [6.45, 7) is 6.46. The fourth-order valence-corrected chi connectivity index (χ4v) is 0.890.